The SMILES string of the molecule is C[C@@H](O)c1ccc(N2CCN(C3CCCC3)CC2)cn1. The van der Waals surface area contributed by atoms with Crippen LogP contribution in [0.4, 0.5) is 5.69 Å². The molecule has 1 aromatic rings. The molecule has 0 radical (unpaired) electrons. The number of rotatable bonds is 3. The third kappa shape index (κ3) is 2.96. The normalized spacial score (nSPS) is 23.2. The van der Waals surface area contributed by atoms with Crippen LogP contribution in [0, 0.1) is 0 Å². The average molecular weight is 275 g/mol. The molecule has 0 amide bonds. The lowest BCUT2D eigenvalue weighted by Gasteiger charge is -2.39. The van der Waals surface area contributed by atoms with Gasteiger partial charge >= 0.3 is 0 Å². The van der Waals surface area contributed by atoms with Crippen LogP contribution in [-0.2, 0) is 0 Å². The topological polar surface area (TPSA) is 39.6 Å². The Balaban J connectivity index is 1.57. The van der Waals surface area contributed by atoms with Gasteiger partial charge in [-0.3, -0.25) is 9.88 Å². The molecule has 0 aromatic carbocycles. The van der Waals surface area contributed by atoms with Crippen molar-refractivity contribution in [3.05, 3.63) is 24.0 Å². The fourth-order valence-electron chi connectivity index (χ4n) is 3.45. The Morgan fingerprint density at radius 3 is 2.40 bits per heavy atom. The Bertz CT molecular complexity index is 418. The van der Waals surface area contributed by atoms with Gasteiger partial charge in [-0.2, -0.15) is 0 Å². The van der Waals surface area contributed by atoms with Crippen molar-refractivity contribution >= 4 is 5.69 Å². The van der Waals surface area contributed by atoms with E-state index < -0.39 is 6.10 Å². The summed E-state index contributed by atoms with van der Waals surface area (Å²) in [5, 5.41) is 9.50. The Hall–Kier alpha value is -1.13. The third-order valence-electron chi connectivity index (χ3n) is 4.72. The number of aliphatic hydroxyl groups is 1. The van der Waals surface area contributed by atoms with Gasteiger partial charge in [-0.1, -0.05) is 12.8 Å². The van der Waals surface area contributed by atoms with E-state index in [0.717, 1.165) is 24.8 Å². The van der Waals surface area contributed by atoms with Crippen molar-refractivity contribution in [3.63, 3.8) is 0 Å². The number of anilines is 1. The summed E-state index contributed by atoms with van der Waals surface area (Å²) in [5.41, 5.74) is 1.93. The van der Waals surface area contributed by atoms with E-state index in [9.17, 15) is 5.11 Å². The van der Waals surface area contributed by atoms with Crippen LogP contribution in [0.5, 0.6) is 0 Å². The standard InChI is InChI=1S/C16H25N3O/c1-13(20)16-7-6-15(12-17-16)19-10-8-18(9-11-19)14-4-2-3-5-14/h6-7,12-14,20H,2-5,8-11H2,1H3/t13-/m1/s1. The predicted molar refractivity (Wildman–Crippen MR) is 80.9 cm³/mol. The van der Waals surface area contributed by atoms with E-state index in [1.165, 1.54) is 44.5 Å². The maximum atomic E-state index is 9.50. The van der Waals surface area contributed by atoms with Crippen molar-refractivity contribution in [2.45, 2.75) is 44.8 Å². The number of hydrogen-bond acceptors (Lipinski definition) is 4. The van der Waals surface area contributed by atoms with E-state index in [0.29, 0.717) is 0 Å². The first kappa shape index (κ1) is 13.8. The quantitative estimate of drug-likeness (QED) is 0.918. The number of aromatic nitrogens is 1. The van der Waals surface area contributed by atoms with Gasteiger partial charge in [-0.15, -0.1) is 0 Å². The molecular weight excluding hydrogens is 250 g/mol. The summed E-state index contributed by atoms with van der Waals surface area (Å²) in [6.07, 6.45) is 7.02. The Morgan fingerprint density at radius 2 is 1.85 bits per heavy atom. The fraction of sp³-hybridized carbons (Fsp3) is 0.688. The molecule has 1 aliphatic heterocycles. The molecule has 1 saturated heterocycles. The zero-order valence-electron chi connectivity index (χ0n) is 12.3. The highest BCUT2D eigenvalue weighted by molar-refractivity contribution is 5.45. The molecule has 1 aliphatic carbocycles. The zero-order chi connectivity index (χ0) is 13.9. The monoisotopic (exact) mass is 275 g/mol. The van der Waals surface area contributed by atoms with Gasteiger partial charge in [-0.05, 0) is 31.9 Å². The smallest absolute Gasteiger partial charge is 0.0931 e. The van der Waals surface area contributed by atoms with Crippen molar-refractivity contribution in [1.29, 1.82) is 0 Å². The maximum Gasteiger partial charge on any atom is 0.0931 e. The van der Waals surface area contributed by atoms with Crippen LogP contribution in [0.3, 0.4) is 0 Å². The van der Waals surface area contributed by atoms with Crippen LogP contribution >= 0.6 is 0 Å². The summed E-state index contributed by atoms with van der Waals surface area (Å²) < 4.78 is 0. The fourth-order valence-corrected chi connectivity index (χ4v) is 3.45. The van der Waals surface area contributed by atoms with Crippen LogP contribution < -0.4 is 4.90 Å². The lowest BCUT2D eigenvalue weighted by atomic mass is 10.1. The summed E-state index contributed by atoms with van der Waals surface area (Å²) in [4.78, 5) is 9.42. The minimum absolute atomic E-state index is 0.483. The second kappa shape index (κ2) is 6.10. The van der Waals surface area contributed by atoms with Gasteiger partial charge in [-0.25, -0.2) is 0 Å². The van der Waals surface area contributed by atoms with E-state index in [-0.39, 0.29) is 0 Å². The highest BCUT2D eigenvalue weighted by Crippen LogP contribution is 2.25. The third-order valence-corrected chi connectivity index (χ3v) is 4.72. The average Bonchev–Trinajstić information content (AvgIpc) is 3.02. The largest absolute Gasteiger partial charge is 0.387 e. The highest BCUT2D eigenvalue weighted by atomic mass is 16.3. The van der Waals surface area contributed by atoms with Gasteiger partial charge in [0, 0.05) is 32.2 Å². The summed E-state index contributed by atoms with van der Waals surface area (Å²) in [5.74, 6) is 0. The van der Waals surface area contributed by atoms with Crippen molar-refractivity contribution in [1.82, 2.24) is 9.88 Å². The Labute approximate surface area is 121 Å². The van der Waals surface area contributed by atoms with Crippen LogP contribution in [-0.4, -0.2) is 47.2 Å². The molecule has 0 bridgehead atoms. The Kier molecular flexibility index (Phi) is 4.22. The van der Waals surface area contributed by atoms with E-state index in [2.05, 4.69) is 20.9 Å². The number of pyridine rings is 1. The molecule has 1 N–H and O–H groups in total. The first-order chi connectivity index (χ1) is 9.74. The summed E-state index contributed by atoms with van der Waals surface area (Å²) in [7, 11) is 0. The van der Waals surface area contributed by atoms with Crippen molar-refractivity contribution in [2.24, 2.45) is 0 Å². The molecule has 3 rings (SSSR count). The molecule has 2 aliphatic rings. The molecule has 1 atom stereocenters. The number of hydrogen-bond donors (Lipinski definition) is 1. The van der Waals surface area contributed by atoms with Crippen LogP contribution in [0.25, 0.3) is 0 Å². The summed E-state index contributed by atoms with van der Waals surface area (Å²) >= 11 is 0. The summed E-state index contributed by atoms with van der Waals surface area (Å²) in [6.45, 7) is 6.27. The van der Waals surface area contributed by atoms with Gasteiger partial charge in [0.2, 0.25) is 0 Å². The zero-order valence-corrected chi connectivity index (χ0v) is 12.3. The van der Waals surface area contributed by atoms with Crippen LogP contribution in [0.1, 0.15) is 44.4 Å². The maximum absolute atomic E-state index is 9.50. The van der Waals surface area contributed by atoms with Crippen LogP contribution in [0.2, 0.25) is 0 Å². The van der Waals surface area contributed by atoms with Gasteiger partial charge < -0.3 is 10.0 Å². The van der Waals surface area contributed by atoms with Gasteiger partial charge in [0.1, 0.15) is 0 Å². The lowest BCUT2D eigenvalue weighted by molar-refractivity contribution is 0.187. The van der Waals surface area contributed by atoms with Crippen molar-refractivity contribution in [3.8, 4) is 0 Å². The van der Waals surface area contributed by atoms with E-state index >= 15 is 0 Å². The first-order valence-corrected chi connectivity index (χ1v) is 7.87. The molecule has 1 aromatic heterocycles. The van der Waals surface area contributed by atoms with Crippen molar-refractivity contribution < 1.29 is 5.11 Å². The molecule has 1 saturated carbocycles. The number of aliphatic hydroxyl groups excluding tert-OH is 1. The minimum atomic E-state index is -0.483. The molecule has 4 nitrogen and oxygen atoms in total. The van der Waals surface area contributed by atoms with Crippen molar-refractivity contribution in [2.75, 3.05) is 31.1 Å². The molecule has 2 heterocycles. The molecular formula is C16H25N3O. The first-order valence-electron chi connectivity index (χ1n) is 7.87. The van der Waals surface area contributed by atoms with Crippen LogP contribution in [0.15, 0.2) is 18.3 Å². The van der Waals surface area contributed by atoms with Gasteiger partial charge in [0.05, 0.1) is 23.7 Å². The molecule has 110 valence electrons. The van der Waals surface area contributed by atoms with E-state index in [1.54, 1.807) is 6.92 Å². The number of nitrogens with zero attached hydrogens (tertiary/aromatic N) is 3. The van der Waals surface area contributed by atoms with E-state index in [1.807, 2.05) is 12.3 Å². The molecule has 4 heteroatoms. The molecule has 0 spiro atoms. The predicted octanol–water partition coefficient (Wildman–Crippen LogP) is 2.20. The number of piperazine rings is 1. The van der Waals surface area contributed by atoms with E-state index in [4.69, 9.17) is 0 Å². The molecule has 20 heavy (non-hydrogen) atoms. The minimum Gasteiger partial charge on any atom is -0.387 e. The lowest BCUT2D eigenvalue weighted by Crippen LogP contribution is -2.49. The Morgan fingerprint density at radius 1 is 1.15 bits per heavy atom. The molecule has 2 fully saturated rings. The molecule has 0 unspecified atom stereocenters. The second-order valence-corrected chi connectivity index (χ2v) is 6.08. The van der Waals surface area contributed by atoms with Gasteiger partial charge in [0.25, 0.3) is 0 Å². The van der Waals surface area contributed by atoms with Gasteiger partial charge in [0.15, 0.2) is 0 Å². The highest BCUT2D eigenvalue weighted by Gasteiger charge is 2.26. The summed E-state index contributed by atoms with van der Waals surface area (Å²) in [6, 6.07) is 4.86. The second-order valence-electron chi connectivity index (χ2n) is 6.08.